The lowest BCUT2D eigenvalue weighted by Crippen LogP contribution is -2.39. The van der Waals surface area contributed by atoms with Crippen molar-refractivity contribution in [3.8, 4) is 0 Å². The second kappa shape index (κ2) is 9.29. The van der Waals surface area contributed by atoms with E-state index in [1.807, 2.05) is 0 Å². The van der Waals surface area contributed by atoms with Gasteiger partial charge in [-0.05, 0) is 27.7 Å². The highest BCUT2D eigenvalue weighted by Gasteiger charge is 2.36. The number of carbonyl (C=O) groups excluding carboxylic acids is 6. The second-order valence-corrected chi connectivity index (χ2v) is 6.96. The lowest BCUT2D eigenvalue weighted by Gasteiger charge is -2.23. The van der Waals surface area contributed by atoms with E-state index < -0.39 is 59.9 Å². The zero-order valence-corrected chi connectivity index (χ0v) is 16.3. The van der Waals surface area contributed by atoms with Crippen LogP contribution in [0.15, 0.2) is 0 Å². The summed E-state index contributed by atoms with van der Waals surface area (Å²) in [5.41, 5.74) is -0.884. The van der Waals surface area contributed by atoms with E-state index in [1.165, 1.54) is 0 Å². The van der Waals surface area contributed by atoms with Crippen molar-refractivity contribution in [2.75, 3.05) is 0 Å². The number of amides is 2. The smallest absolute Gasteiger partial charge is 0.373 e. The fraction of sp³-hybridized carbons (Fsp3) is 0.647. The molecule has 1 fully saturated rings. The standard InChI is InChI=1S/C17H23NO10/c1-9(15(23)28-18-12(20)6-7-13(18)21)25-14(22)8-11(26-10(2)19)16(24)27-17(3,4)5/h9,11H,6-8H2,1-5H3. The van der Waals surface area contributed by atoms with Crippen molar-refractivity contribution < 1.29 is 47.8 Å². The highest BCUT2D eigenvalue weighted by atomic mass is 16.7. The highest BCUT2D eigenvalue weighted by molar-refractivity contribution is 6.01. The zero-order valence-electron chi connectivity index (χ0n) is 16.3. The Morgan fingerprint density at radius 3 is 2.00 bits per heavy atom. The molecule has 2 unspecified atom stereocenters. The van der Waals surface area contributed by atoms with Crippen LogP contribution in [-0.2, 0) is 47.8 Å². The maximum Gasteiger partial charge on any atom is 0.373 e. The molecule has 11 heteroatoms. The fourth-order valence-electron chi connectivity index (χ4n) is 2.01. The van der Waals surface area contributed by atoms with Gasteiger partial charge in [0.25, 0.3) is 11.8 Å². The molecule has 0 radical (unpaired) electrons. The van der Waals surface area contributed by atoms with Gasteiger partial charge in [0.2, 0.25) is 6.10 Å². The van der Waals surface area contributed by atoms with E-state index >= 15 is 0 Å². The van der Waals surface area contributed by atoms with Gasteiger partial charge in [-0.1, -0.05) is 0 Å². The first-order chi connectivity index (χ1) is 12.8. The minimum Gasteiger partial charge on any atom is -0.457 e. The maximum atomic E-state index is 12.1. The number of nitrogens with zero attached hydrogens (tertiary/aromatic N) is 1. The Balaban J connectivity index is 2.65. The molecule has 1 aliphatic rings. The van der Waals surface area contributed by atoms with Crippen LogP contribution in [0.1, 0.15) is 53.9 Å². The predicted octanol–water partition coefficient (Wildman–Crippen LogP) is 0.189. The summed E-state index contributed by atoms with van der Waals surface area (Å²) in [6.45, 7) is 6.97. The molecule has 2 atom stereocenters. The first-order valence-electron chi connectivity index (χ1n) is 8.47. The number of imide groups is 1. The molecule has 1 heterocycles. The van der Waals surface area contributed by atoms with Crippen molar-refractivity contribution in [1.82, 2.24) is 5.06 Å². The third kappa shape index (κ3) is 7.33. The lowest BCUT2D eigenvalue weighted by molar-refractivity contribution is -0.205. The number of ether oxygens (including phenoxy) is 3. The number of rotatable bonds is 7. The Morgan fingerprint density at radius 2 is 1.54 bits per heavy atom. The first-order valence-corrected chi connectivity index (χ1v) is 8.47. The third-order valence-corrected chi connectivity index (χ3v) is 3.16. The van der Waals surface area contributed by atoms with Crippen LogP contribution < -0.4 is 0 Å². The van der Waals surface area contributed by atoms with Crippen molar-refractivity contribution >= 4 is 35.7 Å². The lowest BCUT2D eigenvalue weighted by atomic mass is 10.2. The number of hydrogen-bond acceptors (Lipinski definition) is 10. The number of carbonyl (C=O) groups is 6. The molecule has 0 bridgehead atoms. The molecule has 1 aliphatic heterocycles. The largest absolute Gasteiger partial charge is 0.457 e. The van der Waals surface area contributed by atoms with Crippen LogP contribution >= 0.6 is 0 Å². The van der Waals surface area contributed by atoms with Crippen LogP contribution in [-0.4, -0.2) is 58.6 Å². The average molecular weight is 401 g/mol. The van der Waals surface area contributed by atoms with Gasteiger partial charge < -0.3 is 19.0 Å². The molecule has 1 saturated heterocycles. The van der Waals surface area contributed by atoms with Crippen LogP contribution in [0.2, 0.25) is 0 Å². The second-order valence-electron chi connectivity index (χ2n) is 6.96. The Hall–Kier alpha value is -2.98. The summed E-state index contributed by atoms with van der Waals surface area (Å²) in [4.78, 5) is 74.6. The van der Waals surface area contributed by atoms with Gasteiger partial charge in [0.15, 0.2) is 6.10 Å². The van der Waals surface area contributed by atoms with E-state index in [2.05, 4.69) is 4.84 Å². The molecule has 28 heavy (non-hydrogen) atoms. The van der Waals surface area contributed by atoms with Gasteiger partial charge in [-0.3, -0.25) is 19.2 Å². The van der Waals surface area contributed by atoms with Gasteiger partial charge in [0, 0.05) is 19.8 Å². The monoisotopic (exact) mass is 401 g/mol. The molecule has 156 valence electrons. The Bertz CT molecular complexity index is 662. The molecule has 0 saturated carbocycles. The van der Waals surface area contributed by atoms with Crippen LogP contribution in [0.25, 0.3) is 0 Å². The van der Waals surface area contributed by atoms with Gasteiger partial charge in [-0.25, -0.2) is 9.59 Å². The first kappa shape index (κ1) is 23.1. The van der Waals surface area contributed by atoms with Gasteiger partial charge in [-0.2, -0.15) is 0 Å². The maximum absolute atomic E-state index is 12.1. The predicted molar refractivity (Wildman–Crippen MR) is 88.7 cm³/mol. The minimum atomic E-state index is -1.56. The number of hydroxylamine groups is 2. The van der Waals surface area contributed by atoms with Gasteiger partial charge >= 0.3 is 23.9 Å². The number of esters is 3. The van der Waals surface area contributed by atoms with Crippen LogP contribution in [0.5, 0.6) is 0 Å². The van der Waals surface area contributed by atoms with E-state index in [1.54, 1.807) is 20.8 Å². The summed E-state index contributed by atoms with van der Waals surface area (Å²) in [6, 6.07) is 0. The molecule has 1 rings (SSSR count). The van der Waals surface area contributed by atoms with E-state index in [9.17, 15) is 28.8 Å². The summed E-state index contributed by atoms with van der Waals surface area (Å²) < 4.78 is 14.7. The molecular weight excluding hydrogens is 378 g/mol. The average Bonchev–Trinajstić information content (AvgIpc) is 2.83. The normalized spacial score (nSPS) is 16.2. The molecule has 2 amide bonds. The molecule has 0 spiro atoms. The Morgan fingerprint density at radius 1 is 1.00 bits per heavy atom. The van der Waals surface area contributed by atoms with E-state index in [4.69, 9.17) is 14.2 Å². The fourth-order valence-corrected chi connectivity index (χ4v) is 2.01. The van der Waals surface area contributed by atoms with E-state index in [0.717, 1.165) is 13.8 Å². The Kier molecular flexibility index (Phi) is 7.65. The highest BCUT2D eigenvalue weighted by Crippen LogP contribution is 2.15. The topological polar surface area (TPSA) is 143 Å². The van der Waals surface area contributed by atoms with Gasteiger partial charge in [0.05, 0.1) is 6.42 Å². The molecule has 0 aliphatic carbocycles. The van der Waals surface area contributed by atoms with Crippen molar-refractivity contribution in [2.24, 2.45) is 0 Å². The van der Waals surface area contributed by atoms with Crippen molar-refractivity contribution in [3.05, 3.63) is 0 Å². The summed E-state index contributed by atoms with van der Waals surface area (Å²) in [5, 5.41) is 0.315. The third-order valence-electron chi connectivity index (χ3n) is 3.16. The van der Waals surface area contributed by atoms with Crippen LogP contribution in [0.3, 0.4) is 0 Å². The zero-order chi connectivity index (χ0) is 21.6. The van der Waals surface area contributed by atoms with Gasteiger partial charge in [-0.15, -0.1) is 5.06 Å². The van der Waals surface area contributed by atoms with E-state index in [-0.39, 0.29) is 12.8 Å². The molecule has 0 N–H and O–H groups in total. The van der Waals surface area contributed by atoms with Crippen LogP contribution in [0.4, 0.5) is 0 Å². The van der Waals surface area contributed by atoms with Gasteiger partial charge in [0.1, 0.15) is 5.60 Å². The SMILES string of the molecule is CC(=O)OC(CC(=O)OC(C)C(=O)ON1C(=O)CCC1=O)C(=O)OC(C)(C)C. The van der Waals surface area contributed by atoms with Crippen molar-refractivity contribution in [3.63, 3.8) is 0 Å². The molecule has 0 aromatic carbocycles. The van der Waals surface area contributed by atoms with Crippen LogP contribution in [0, 0.1) is 0 Å². The molecule has 11 nitrogen and oxygen atoms in total. The molecule has 0 aromatic heterocycles. The number of hydrogen-bond donors (Lipinski definition) is 0. The summed E-state index contributed by atoms with van der Waals surface area (Å²) in [6.07, 6.45) is -3.91. The van der Waals surface area contributed by atoms with Crippen molar-refractivity contribution in [2.45, 2.75) is 71.7 Å². The van der Waals surface area contributed by atoms with E-state index in [0.29, 0.717) is 5.06 Å². The quantitative estimate of drug-likeness (QED) is 0.329. The minimum absolute atomic E-state index is 0.0831. The summed E-state index contributed by atoms with van der Waals surface area (Å²) in [5.74, 6) is -5.35. The molecule has 0 aromatic rings. The summed E-state index contributed by atoms with van der Waals surface area (Å²) >= 11 is 0. The van der Waals surface area contributed by atoms with Crippen molar-refractivity contribution in [1.29, 1.82) is 0 Å². The Labute approximate surface area is 161 Å². The molecular formula is C17H23NO10. The summed E-state index contributed by atoms with van der Waals surface area (Å²) in [7, 11) is 0.